The van der Waals surface area contributed by atoms with Gasteiger partial charge in [0.25, 0.3) is 0 Å². The lowest BCUT2D eigenvalue weighted by atomic mass is 10.2. The molecule has 7 N–H and O–H groups in total. The third kappa shape index (κ3) is 9.53. The zero-order chi connectivity index (χ0) is 19.4. The van der Waals surface area contributed by atoms with Crippen molar-refractivity contribution in [2.45, 2.75) is 24.5 Å². The Hall–Kier alpha value is -1.50. The molecule has 144 valence electrons. The van der Waals surface area contributed by atoms with Crippen LogP contribution < -0.4 is 21.7 Å². The second-order valence-corrected chi connectivity index (χ2v) is 6.34. The van der Waals surface area contributed by atoms with Crippen molar-refractivity contribution in [1.82, 2.24) is 16.0 Å². The summed E-state index contributed by atoms with van der Waals surface area (Å²) >= 11 is 5.27. The summed E-state index contributed by atoms with van der Waals surface area (Å²) in [5.41, 5.74) is 5.42. The van der Waals surface area contributed by atoms with Crippen LogP contribution >= 0.6 is 24.4 Å². The van der Waals surface area contributed by atoms with Crippen molar-refractivity contribution in [2.75, 3.05) is 30.9 Å². The highest BCUT2D eigenvalue weighted by atomic mass is 32.2. The minimum Gasteiger partial charge on any atom is -0.480 e. The first-order chi connectivity index (χ1) is 11.8. The van der Waals surface area contributed by atoms with Crippen LogP contribution in [0.1, 0.15) is 6.42 Å². The minimum atomic E-state index is -1.33. The van der Waals surface area contributed by atoms with E-state index in [0.29, 0.717) is 5.75 Å². The van der Waals surface area contributed by atoms with Crippen molar-refractivity contribution in [3.8, 4) is 0 Å². The van der Waals surface area contributed by atoms with E-state index < -0.39 is 55.0 Å². The van der Waals surface area contributed by atoms with Gasteiger partial charge < -0.3 is 31.9 Å². The van der Waals surface area contributed by atoms with Gasteiger partial charge in [-0.2, -0.15) is 24.4 Å². The van der Waals surface area contributed by atoms with Crippen LogP contribution in [0.2, 0.25) is 0 Å². The SMILES string of the molecule is CSCCC(NC(=O)C(CO)NC(=O)CNC(=O)C(N)CS)C(=O)O. The van der Waals surface area contributed by atoms with Crippen LogP contribution in [0.4, 0.5) is 0 Å². The Balaban J connectivity index is 4.54. The number of nitrogens with one attached hydrogen (secondary N) is 3. The molecule has 0 aliphatic heterocycles. The van der Waals surface area contributed by atoms with E-state index in [2.05, 4.69) is 28.6 Å². The summed E-state index contributed by atoms with van der Waals surface area (Å²) in [6.45, 7) is -1.17. The second kappa shape index (κ2) is 12.8. The van der Waals surface area contributed by atoms with Gasteiger partial charge in [0, 0.05) is 5.75 Å². The predicted octanol–water partition coefficient (Wildman–Crippen LogP) is -2.84. The first-order valence-electron chi connectivity index (χ1n) is 7.33. The number of aliphatic hydroxyl groups is 1. The summed E-state index contributed by atoms with van der Waals surface area (Å²) in [6, 6.07) is -3.33. The highest BCUT2D eigenvalue weighted by molar-refractivity contribution is 7.98. The molecule has 10 nitrogen and oxygen atoms in total. The minimum absolute atomic E-state index is 0.0990. The number of aliphatic carboxylic acids is 1. The van der Waals surface area contributed by atoms with Crippen molar-refractivity contribution >= 4 is 48.1 Å². The molecule has 0 heterocycles. The fourth-order valence-corrected chi connectivity index (χ4v) is 2.22. The van der Waals surface area contributed by atoms with Crippen LogP contribution in [0.3, 0.4) is 0 Å². The monoisotopic (exact) mass is 396 g/mol. The van der Waals surface area contributed by atoms with Crippen LogP contribution in [0.25, 0.3) is 0 Å². The van der Waals surface area contributed by atoms with Gasteiger partial charge in [0.1, 0.15) is 12.1 Å². The molecular formula is C13H24N4O6S2. The van der Waals surface area contributed by atoms with E-state index in [9.17, 15) is 24.3 Å². The fraction of sp³-hybridized carbons (Fsp3) is 0.692. The molecule has 0 fully saturated rings. The average Bonchev–Trinajstić information content (AvgIpc) is 2.59. The normalized spacial score (nSPS) is 14.1. The van der Waals surface area contributed by atoms with Crippen molar-refractivity contribution in [2.24, 2.45) is 5.73 Å². The maximum absolute atomic E-state index is 12.0. The zero-order valence-electron chi connectivity index (χ0n) is 13.7. The Morgan fingerprint density at radius 3 is 2.28 bits per heavy atom. The van der Waals surface area contributed by atoms with Crippen molar-refractivity contribution < 1.29 is 29.4 Å². The van der Waals surface area contributed by atoms with Gasteiger partial charge in [-0.05, 0) is 18.4 Å². The standard InChI is InChI=1S/C13H24N4O6S2/c1-25-3-2-8(13(22)23)17-12(21)9(5-18)16-10(19)4-15-11(20)7(14)6-24/h7-9,18,24H,2-6,14H2,1H3,(H,15,20)(H,16,19)(H,17,21)(H,22,23). The van der Waals surface area contributed by atoms with Gasteiger partial charge >= 0.3 is 5.97 Å². The highest BCUT2D eigenvalue weighted by Crippen LogP contribution is 2.01. The third-order valence-electron chi connectivity index (χ3n) is 3.02. The molecule has 0 aromatic rings. The molecule has 12 heteroatoms. The number of carbonyl (C=O) groups excluding carboxylic acids is 3. The fourth-order valence-electron chi connectivity index (χ4n) is 1.59. The summed E-state index contributed by atoms with van der Waals surface area (Å²) in [5.74, 6) is -2.74. The van der Waals surface area contributed by atoms with Crippen LogP contribution in [0.15, 0.2) is 0 Å². The number of aliphatic hydroxyl groups excluding tert-OH is 1. The molecule has 0 aromatic heterocycles. The molecule has 0 saturated heterocycles. The van der Waals surface area contributed by atoms with Gasteiger partial charge in [-0.3, -0.25) is 14.4 Å². The summed E-state index contributed by atoms with van der Waals surface area (Å²) in [5, 5.41) is 25.0. The zero-order valence-corrected chi connectivity index (χ0v) is 15.4. The van der Waals surface area contributed by atoms with E-state index in [4.69, 9.17) is 10.8 Å². The Labute approximate surface area is 155 Å². The van der Waals surface area contributed by atoms with Crippen LogP contribution in [-0.4, -0.2) is 82.9 Å². The summed E-state index contributed by atoms with van der Waals surface area (Å²) < 4.78 is 0. The Bertz CT molecular complexity index is 479. The molecule has 0 aromatic carbocycles. The molecule has 3 atom stereocenters. The smallest absolute Gasteiger partial charge is 0.326 e. The number of carbonyl (C=O) groups is 4. The second-order valence-electron chi connectivity index (χ2n) is 4.99. The van der Waals surface area contributed by atoms with Crippen LogP contribution in [0.5, 0.6) is 0 Å². The van der Waals surface area contributed by atoms with E-state index in [0.717, 1.165) is 0 Å². The lowest BCUT2D eigenvalue weighted by Crippen LogP contribution is -2.55. The first kappa shape index (κ1) is 23.5. The highest BCUT2D eigenvalue weighted by Gasteiger charge is 2.26. The summed E-state index contributed by atoms with van der Waals surface area (Å²) in [4.78, 5) is 46.3. The van der Waals surface area contributed by atoms with Gasteiger partial charge in [0.15, 0.2) is 0 Å². The summed E-state index contributed by atoms with van der Waals surface area (Å²) in [6.07, 6.45) is 2.00. The van der Waals surface area contributed by atoms with E-state index in [1.165, 1.54) is 11.8 Å². The van der Waals surface area contributed by atoms with Gasteiger partial charge in [-0.1, -0.05) is 0 Å². The molecule has 3 unspecified atom stereocenters. The first-order valence-corrected chi connectivity index (χ1v) is 9.35. The molecular weight excluding hydrogens is 372 g/mol. The average molecular weight is 396 g/mol. The van der Waals surface area contributed by atoms with Crippen molar-refractivity contribution in [3.63, 3.8) is 0 Å². The quantitative estimate of drug-likeness (QED) is 0.173. The number of amides is 3. The maximum atomic E-state index is 12.0. The number of thioether (sulfide) groups is 1. The van der Waals surface area contributed by atoms with Gasteiger partial charge in [-0.25, -0.2) is 4.79 Å². The molecule has 0 radical (unpaired) electrons. The summed E-state index contributed by atoms with van der Waals surface area (Å²) in [7, 11) is 0. The van der Waals surface area contributed by atoms with E-state index in [1.54, 1.807) is 6.26 Å². The van der Waals surface area contributed by atoms with Gasteiger partial charge in [0.2, 0.25) is 17.7 Å². The molecule has 0 rings (SSSR count). The lowest BCUT2D eigenvalue weighted by molar-refractivity contribution is -0.142. The Morgan fingerprint density at radius 2 is 1.80 bits per heavy atom. The van der Waals surface area contributed by atoms with Gasteiger partial charge in [-0.15, -0.1) is 0 Å². The maximum Gasteiger partial charge on any atom is 0.326 e. The molecule has 0 aliphatic carbocycles. The Kier molecular flexibility index (Phi) is 12.0. The largest absolute Gasteiger partial charge is 0.480 e. The topological polar surface area (TPSA) is 171 Å². The molecule has 3 amide bonds. The lowest BCUT2D eigenvalue weighted by Gasteiger charge is -2.20. The number of carboxylic acid groups (broad SMARTS) is 1. The van der Waals surface area contributed by atoms with Crippen molar-refractivity contribution in [1.29, 1.82) is 0 Å². The number of nitrogens with two attached hydrogens (primary N) is 1. The molecule has 0 saturated carbocycles. The number of hydrogen-bond donors (Lipinski definition) is 7. The molecule has 0 bridgehead atoms. The van der Waals surface area contributed by atoms with Gasteiger partial charge in [0.05, 0.1) is 19.2 Å². The predicted molar refractivity (Wildman–Crippen MR) is 96.4 cm³/mol. The number of carboxylic acids is 1. The molecule has 0 spiro atoms. The number of rotatable bonds is 12. The molecule has 25 heavy (non-hydrogen) atoms. The number of hydrogen-bond acceptors (Lipinski definition) is 8. The molecule has 0 aliphatic rings. The van der Waals surface area contributed by atoms with Crippen LogP contribution in [0, 0.1) is 0 Å². The van der Waals surface area contributed by atoms with E-state index >= 15 is 0 Å². The Morgan fingerprint density at radius 1 is 1.16 bits per heavy atom. The number of thiol groups is 1. The van der Waals surface area contributed by atoms with E-state index in [1.807, 2.05) is 0 Å². The van der Waals surface area contributed by atoms with Crippen LogP contribution in [-0.2, 0) is 19.2 Å². The third-order valence-corrected chi connectivity index (χ3v) is 4.05. The van der Waals surface area contributed by atoms with Crippen molar-refractivity contribution in [3.05, 3.63) is 0 Å². The van der Waals surface area contributed by atoms with E-state index in [-0.39, 0.29) is 12.2 Å².